The van der Waals surface area contributed by atoms with Crippen LogP contribution in [-0.2, 0) is 11.3 Å². The van der Waals surface area contributed by atoms with Gasteiger partial charge in [-0.05, 0) is 37.5 Å². The highest BCUT2D eigenvalue weighted by atomic mass is 32.2. The second-order valence-electron chi connectivity index (χ2n) is 5.02. The summed E-state index contributed by atoms with van der Waals surface area (Å²) >= 11 is 1.61. The van der Waals surface area contributed by atoms with E-state index in [9.17, 15) is 4.79 Å². The molecule has 1 aromatic carbocycles. The van der Waals surface area contributed by atoms with E-state index < -0.39 is 0 Å². The van der Waals surface area contributed by atoms with Crippen LogP contribution in [0.15, 0.2) is 30.3 Å². The highest BCUT2D eigenvalue weighted by molar-refractivity contribution is 7.99. The second kappa shape index (κ2) is 6.28. The summed E-state index contributed by atoms with van der Waals surface area (Å²) in [6.07, 6.45) is 4.54. The van der Waals surface area contributed by atoms with Gasteiger partial charge in [0.25, 0.3) is 0 Å². The van der Waals surface area contributed by atoms with Crippen LogP contribution in [0.5, 0.6) is 0 Å². The molecular weight excluding hydrogens is 242 g/mol. The maximum atomic E-state index is 12.2. The van der Waals surface area contributed by atoms with Gasteiger partial charge in [-0.3, -0.25) is 4.79 Å². The molecule has 0 bridgehead atoms. The summed E-state index contributed by atoms with van der Waals surface area (Å²) in [5, 5.41) is 0. The number of hydrogen-bond donors (Lipinski definition) is 0. The van der Waals surface area contributed by atoms with Crippen molar-refractivity contribution in [2.24, 2.45) is 5.92 Å². The Morgan fingerprint density at radius 1 is 1.39 bits per heavy atom. The molecule has 18 heavy (non-hydrogen) atoms. The van der Waals surface area contributed by atoms with Crippen molar-refractivity contribution in [3.05, 3.63) is 35.9 Å². The minimum atomic E-state index is 0.269. The number of carbonyl (C=O) groups is 1. The Bertz CT molecular complexity index is 389. The maximum absolute atomic E-state index is 12.2. The first kappa shape index (κ1) is 13.5. The molecule has 1 fully saturated rings. The van der Waals surface area contributed by atoms with Crippen LogP contribution in [0.25, 0.3) is 0 Å². The van der Waals surface area contributed by atoms with Crippen molar-refractivity contribution >= 4 is 17.7 Å². The van der Waals surface area contributed by atoms with E-state index in [4.69, 9.17) is 0 Å². The quantitative estimate of drug-likeness (QED) is 0.785. The van der Waals surface area contributed by atoms with Crippen LogP contribution in [0.4, 0.5) is 0 Å². The molecule has 1 aliphatic rings. The van der Waals surface area contributed by atoms with Crippen molar-refractivity contribution in [2.45, 2.75) is 32.4 Å². The largest absolute Gasteiger partial charge is 0.335 e. The molecule has 98 valence electrons. The van der Waals surface area contributed by atoms with Crippen molar-refractivity contribution in [3.63, 3.8) is 0 Å². The summed E-state index contributed by atoms with van der Waals surface area (Å²) in [6.45, 7) is 2.94. The molecule has 1 atom stereocenters. The lowest BCUT2D eigenvalue weighted by atomic mass is 10.1. The number of benzene rings is 1. The highest BCUT2D eigenvalue weighted by Gasteiger charge is 2.33. The molecule has 0 heterocycles. The first-order chi connectivity index (χ1) is 8.72. The van der Waals surface area contributed by atoms with E-state index in [0.29, 0.717) is 11.8 Å². The lowest BCUT2D eigenvalue weighted by Crippen LogP contribution is -2.40. The molecule has 3 heteroatoms. The predicted molar refractivity (Wildman–Crippen MR) is 77.6 cm³/mol. The fourth-order valence-electron chi connectivity index (χ4n) is 2.28. The third-order valence-corrected chi connectivity index (χ3v) is 4.12. The van der Waals surface area contributed by atoms with Gasteiger partial charge in [-0.25, -0.2) is 0 Å². The monoisotopic (exact) mass is 263 g/mol. The van der Waals surface area contributed by atoms with Gasteiger partial charge in [0.15, 0.2) is 0 Å². The Morgan fingerprint density at radius 3 is 2.61 bits per heavy atom. The standard InChI is InChI=1S/C15H21NOS/c1-12(14-8-9-14)16(15(17)11-18-2)10-13-6-4-3-5-7-13/h3-7,12,14H,8-11H2,1-2H3. The smallest absolute Gasteiger partial charge is 0.233 e. The molecule has 0 spiro atoms. The van der Waals surface area contributed by atoms with Crippen LogP contribution in [0, 0.1) is 5.92 Å². The molecule has 0 aromatic heterocycles. The molecule has 2 nitrogen and oxygen atoms in total. The Labute approximate surface area is 114 Å². The average Bonchev–Trinajstić information content (AvgIpc) is 3.21. The number of rotatable bonds is 6. The number of hydrogen-bond acceptors (Lipinski definition) is 2. The van der Waals surface area contributed by atoms with Crippen LogP contribution < -0.4 is 0 Å². The van der Waals surface area contributed by atoms with Gasteiger partial charge < -0.3 is 4.90 Å². The third-order valence-electron chi connectivity index (χ3n) is 3.58. The Morgan fingerprint density at radius 2 is 2.06 bits per heavy atom. The third kappa shape index (κ3) is 3.52. The Kier molecular flexibility index (Phi) is 4.70. The van der Waals surface area contributed by atoms with Gasteiger partial charge in [-0.2, -0.15) is 11.8 Å². The first-order valence-electron chi connectivity index (χ1n) is 6.54. The zero-order valence-corrected chi connectivity index (χ0v) is 12.0. The van der Waals surface area contributed by atoms with Gasteiger partial charge in [0.1, 0.15) is 0 Å². The van der Waals surface area contributed by atoms with Crippen LogP contribution in [0.1, 0.15) is 25.3 Å². The lowest BCUT2D eigenvalue weighted by molar-refractivity contribution is -0.131. The van der Waals surface area contributed by atoms with Crippen LogP contribution in [-0.4, -0.2) is 28.9 Å². The zero-order valence-electron chi connectivity index (χ0n) is 11.1. The van der Waals surface area contributed by atoms with Gasteiger partial charge in [0.2, 0.25) is 5.91 Å². The minimum Gasteiger partial charge on any atom is -0.335 e. The van der Waals surface area contributed by atoms with Gasteiger partial charge in [-0.1, -0.05) is 30.3 Å². The predicted octanol–water partition coefficient (Wildman–Crippen LogP) is 3.18. The van der Waals surface area contributed by atoms with Gasteiger partial charge in [0, 0.05) is 12.6 Å². The summed E-state index contributed by atoms with van der Waals surface area (Å²) in [7, 11) is 0. The van der Waals surface area contributed by atoms with Crippen LogP contribution in [0.2, 0.25) is 0 Å². The van der Waals surface area contributed by atoms with Crippen molar-refractivity contribution in [2.75, 3.05) is 12.0 Å². The minimum absolute atomic E-state index is 0.269. The number of amides is 1. The fourth-order valence-corrected chi connectivity index (χ4v) is 2.69. The highest BCUT2D eigenvalue weighted by Crippen LogP contribution is 2.35. The molecule has 1 aliphatic carbocycles. The van der Waals surface area contributed by atoms with E-state index in [2.05, 4.69) is 24.0 Å². The van der Waals surface area contributed by atoms with E-state index in [-0.39, 0.29) is 5.91 Å². The van der Waals surface area contributed by atoms with E-state index in [1.165, 1.54) is 18.4 Å². The average molecular weight is 263 g/mol. The summed E-state index contributed by atoms with van der Waals surface area (Å²) in [4.78, 5) is 14.3. The topological polar surface area (TPSA) is 20.3 Å². The van der Waals surface area contributed by atoms with Crippen LogP contribution >= 0.6 is 11.8 Å². The summed E-state index contributed by atoms with van der Waals surface area (Å²) < 4.78 is 0. The van der Waals surface area contributed by atoms with E-state index in [1.807, 2.05) is 24.5 Å². The number of thioether (sulfide) groups is 1. The summed E-state index contributed by atoms with van der Waals surface area (Å²) in [6, 6.07) is 10.7. The molecule has 0 radical (unpaired) electrons. The van der Waals surface area contributed by atoms with Gasteiger partial charge >= 0.3 is 0 Å². The number of carbonyl (C=O) groups excluding carboxylic acids is 1. The van der Waals surface area contributed by atoms with Crippen molar-refractivity contribution in [1.82, 2.24) is 4.90 Å². The molecular formula is C15H21NOS. The van der Waals surface area contributed by atoms with Crippen LogP contribution in [0.3, 0.4) is 0 Å². The molecule has 0 saturated heterocycles. The molecule has 1 aromatic rings. The zero-order chi connectivity index (χ0) is 13.0. The van der Waals surface area contributed by atoms with Crippen molar-refractivity contribution < 1.29 is 4.79 Å². The molecule has 1 saturated carbocycles. The second-order valence-corrected chi connectivity index (χ2v) is 5.88. The SMILES string of the molecule is CSCC(=O)N(Cc1ccccc1)C(C)C1CC1. The Balaban J connectivity index is 2.06. The van der Waals surface area contributed by atoms with Crippen molar-refractivity contribution in [1.29, 1.82) is 0 Å². The Hall–Kier alpha value is -0.960. The van der Waals surface area contributed by atoms with E-state index in [0.717, 1.165) is 12.5 Å². The number of nitrogens with zero attached hydrogens (tertiary/aromatic N) is 1. The van der Waals surface area contributed by atoms with E-state index in [1.54, 1.807) is 11.8 Å². The maximum Gasteiger partial charge on any atom is 0.233 e. The lowest BCUT2D eigenvalue weighted by Gasteiger charge is -2.29. The van der Waals surface area contributed by atoms with Crippen molar-refractivity contribution in [3.8, 4) is 0 Å². The first-order valence-corrected chi connectivity index (χ1v) is 7.94. The summed E-state index contributed by atoms with van der Waals surface area (Å²) in [5.41, 5.74) is 1.22. The molecule has 1 amide bonds. The normalized spacial score (nSPS) is 16.3. The molecule has 0 aliphatic heterocycles. The molecule has 2 rings (SSSR count). The van der Waals surface area contributed by atoms with Gasteiger partial charge in [-0.15, -0.1) is 0 Å². The van der Waals surface area contributed by atoms with E-state index >= 15 is 0 Å². The van der Waals surface area contributed by atoms with Gasteiger partial charge in [0.05, 0.1) is 5.75 Å². The molecule has 0 N–H and O–H groups in total. The fraction of sp³-hybridized carbons (Fsp3) is 0.533. The molecule has 1 unspecified atom stereocenters. The summed E-state index contributed by atoms with van der Waals surface area (Å²) in [5.74, 6) is 1.58.